The van der Waals surface area contributed by atoms with E-state index < -0.39 is 0 Å². The van der Waals surface area contributed by atoms with Crippen molar-refractivity contribution in [3.05, 3.63) is 0 Å². The Morgan fingerprint density at radius 1 is 0.889 bits per heavy atom. The van der Waals surface area contributed by atoms with Crippen LogP contribution in [0.15, 0.2) is 0 Å². The normalized spacial score (nSPS) is 41.8. The van der Waals surface area contributed by atoms with Gasteiger partial charge in [0.25, 0.3) is 0 Å². The van der Waals surface area contributed by atoms with Crippen molar-refractivity contribution in [1.82, 2.24) is 10.2 Å². The van der Waals surface area contributed by atoms with Gasteiger partial charge in [0.2, 0.25) is 0 Å². The van der Waals surface area contributed by atoms with Gasteiger partial charge < -0.3 is 5.32 Å². The first-order valence-corrected chi connectivity index (χ1v) is 8.38. The van der Waals surface area contributed by atoms with Gasteiger partial charge in [-0.05, 0) is 44.6 Å². The SMILES string of the molecule is CCC1CCCCC1NC1CCN2CCCCC12. The fourth-order valence-corrected chi connectivity index (χ4v) is 4.63. The lowest BCUT2D eigenvalue weighted by atomic mass is 9.82. The van der Waals surface area contributed by atoms with Crippen LogP contribution in [-0.2, 0) is 0 Å². The number of piperidine rings is 1. The predicted molar refractivity (Wildman–Crippen MR) is 76.8 cm³/mol. The summed E-state index contributed by atoms with van der Waals surface area (Å²) in [7, 11) is 0. The molecule has 0 spiro atoms. The lowest BCUT2D eigenvalue weighted by Gasteiger charge is -2.38. The van der Waals surface area contributed by atoms with Crippen molar-refractivity contribution >= 4 is 0 Å². The summed E-state index contributed by atoms with van der Waals surface area (Å²) in [5.74, 6) is 0.955. The third-order valence-corrected chi connectivity index (χ3v) is 5.72. The van der Waals surface area contributed by atoms with Gasteiger partial charge in [0.05, 0.1) is 0 Å². The van der Waals surface area contributed by atoms with Crippen molar-refractivity contribution in [2.24, 2.45) is 5.92 Å². The number of nitrogens with zero attached hydrogens (tertiary/aromatic N) is 1. The minimum absolute atomic E-state index is 0.808. The van der Waals surface area contributed by atoms with E-state index in [1.165, 1.54) is 70.9 Å². The van der Waals surface area contributed by atoms with Crippen molar-refractivity contribution in [2.45, 2.75) is 82.8 Å². The Labute approximate surface area is 113 Å². The second-order valence-corrected chi connectivity index (χ2v) is 6.72. The third-order valence-electron chi connectivity index (χ3n) is 5.72. The van der Waals surface area contributed by atoms with Crippen LogP contribution < -0.4 is 5.32 Å². The molecular weight excluding hydrogens is 220 g/mol. The molecule has 0 amide bonds. The molecule has 3 aliphatic rings. The summed E-state index contributed by atoms with van der Waals surface area (Å²) < 4.78 is 0. The van der Waals surface area contributed by atoms with Crippen molar-refractivity contribution in [3.63, 3.8) is 0 Å². The van der Waals surface area contributed by atoms with Crippen molar-refractivity contribution in [3.8, 4) is 0 Å². The molecule has 3 fully saturated rings. The first-order chi connectivity index (χ1) is 8.88. The molecule has 1 N–H and O–H groups in total. The third kappa shape index (κ3) is 2.60. The summed E-state index contributed by atoms with van der Waals surface area (Å²) in [6.45, 7) is 5.10. The molecule has 0 bridgehead atoms. The number of nitrogens with one attached hydrogen (secondary N) is 1. The summed E-state index contributed by atoms with van der Waals surface area (Å²) in [6, 6.07) is 2.51. The quantitative estimate of drug-likeness (QED) is 0.827. The van der Waals surface area contributed by atoms with Gasteiger partial charge >= 0.3 is 0 Å². The molecule has 0 radical (unpaired) electrons. The molecule has 2 heterocycles. The monoisotopic (exact) mass is 250 g/mol. The first kappa shape index (κ1) is 12.9. The molecule has 0 aromatic heterocycles. The van der Waals surface area contributed by atoms with Gasteiger partial charge in [0.1, 0.15) is 0 Å². The number of hydrogen-bond donors (Lipinski definition) is 1. The summed E-state index contributed by atoms with van der Waals surface area (Å²) in [6.07, 6.45) is 12.9. The Balaban J connectivity index is 1.58. The zero-order chi connectivity index (χ0) is 12.4. The van der Waals surface area contributed by atoms with Crippen LogP contribution in [-0.4, -0.2) is 36.1 Å². The van der Waals surface area contributed by atoms with Gasteiger partial charge in [0.15, 0.2) is 0 Å². The highest BCUT2D eigenvalue weighted by Crippen LogP contribution is 2.31. The molecule has 1 saturated carbocycles. The average Bonchev–Trinajstić information content (AvgIpc) is 2.83. The van der Waals surface area contributed by atoms with E-state index in [9.17, 15) is 0 Å². The Hall–Kier alpha value is -0.0800. The maximum absolute atomic E-state index is 4.08. The van der Waals surface area contributed by atoms with Crippen molar-refractivity contribution < 1.29 is 0 Å². The zero-order valence-electron chi connectivity index (χ0n) is 12.0. The largest absolute Gasteiger partial charge is 0.309 e. The fourth-order valence-electron chi connectivity index (χ4n) is 4.63. The minimum Gasteiger partial charge on any atom is -0.309 e. The number of hydrogen-bond acceptors (Lipinski definition) is 2. The molecule has 0 aromatic carbocycles. The smallest absolute Gasteiger partial charge is 0.0249 e. The zero-order valence-corrected chi connectivity index (χ0v) is 12.0. The highest BCUT2D eigenvalue weighted by Gasteiger charge is 2.37. The molecule has 18 heavy (non-hydrogen) atoms. The fraction of sp³-hybridized carbons (Fsp3) is 1.00. The lowest BCUT2D eigenvalue weighted by molar-refractivity contribution is 0.161. The van der Waals surface area contributed by atoms with Crippen molar-refractivity contribution in [2.75, 3.05) is 13.1 Å². The molecule has 4 atom stereocenters. The molecule has 4 unspecified atom stereocenters. The summed E-state index contributed by atoms with van der Waals surface area (Å²) in [5.41, 5.74) is 0. The molecule has 2 saturated heterocycles. The van der Waals surface area contributed by atoms with E-state index in [0.717, 1.165) is 24.0 Å². The molecule has 2 aliphatic heterocycles. The Bertz CT molecular complexity index is 266. The average molecular weight is 250 g/mol. The van der Waals surface area contributed by atoms with Crippen LogP contribution in [0, 0.1) is 5.92 Å². The number of rotatable bonds is 3. The van der Waals surface area contributed by atoms with Crippen LogP contribution in [0.3, 0.4) is 0 Å². The molecule has 2 nitrogen and oxygen atoms in total. The van der Waals surface area contributed by atoms with E-state index in [1.807, 2.05) is 0 Å². The standard InChI is InChI=1S/C16H30N2/c1-2-13-7-3-4-8-14(13)17-15-10-12-18-11-6-5-9-16(15)18/h13-17H,2-12H2,1H3. The highest BCUT2D eigenvalue weighted by atomic mass is 15.2. The second kappa shape index (κ2) is 5.92. The predicted octanol–water partition coefficient (Wildman–Crippen LogP) is 3.17. The second-order valence-electron chi connectivity index (χ2n) is 6.72. The van der Waals surface area contributed by atoms with Crippen molar-refractivity contribution in [1.29, 1.82) is 0 Å². The Kier molecular flexibility index (Phi) is 4.25. The summed E-state index contributed by atoms with van der Waals surface area (Å²) in [4.78, 5) is 2.75. The molecule has 104 valence electrons. The van der Waals surface area contributed by atoms with Crippen LogP contribution in [0.1, 0.15) is 64.7 Å². The molecular formula is C16H30N2. The molecule has 0 aromatic rings. The van der Waals surface area contributed by atoms with E-state index in [4.69, 9.17) is 0 Å². The van der Waals surface area contributed by atoms with E-state index >= 15 is 0 Å². The maximum Gasteiger partial charge on any atom is 0.0249 e. The van der Waals surface area contributed by atoms with E-state index in [-0.39, 0.29) is 0 Å². The molecule has 1 aliphatic carbocycles. The van der Waals surface area contributed by atoms with E-state index in [1.54, 1.807) is 0 Å². The van der Waals surface area contributed by atoms with Gasteiger partial charge in [-0.1, -0.05) is 32.6 Å². The highest BCUT2D eigenvalue weighted by molar-refractivity contribution is 4.96. The Morgan fingerprint density at radius 2 is 1.72 bits per heavy atom. The van der Waals surface area contributed by atoms with Crippen LogP contribution in [0.2, 0.25) is 0 Å². The van der Waals surface area contributed by atoms with Crippen LogP contribution in [0.5, 0.6) is 0 Å². The first-order valence-electron chi connectivity index (χ1n) is 8.38. The van der Waals surface area contributed by atoms with Gasteiger partial charge in [-0.25, -0.2) is 0 Å². The Morgan fingerprint density at radius 3 is 2.61 bits per heavy atom. The van der Waals surface area contributed by atoms with Gasteiger partial charge in [-0.2, -0.15) is 0 Å². The van der Waals surface area contributed by atoms with Crippen LogP contribution >= 0.6 is 0 Å². The van der Waals surface area contributed by atoms with Crippen LogP contribution in [0.25, 0.3) is 0 Å². The summed E-state index contributed by atoms with van der Waals surface area (Å²) in [5, 5.41) is 4.08. The molecule has 3 rings (SSSR count). The minimum atomic E-state index is 0.808. The topological polar surface area (TPSA) is 15.3 Å². The van der Waals surface area contributed by atoms with Crippen LogP contribution in [0.4, 0.5) is 0 Å². The van der Waals surface area contributed by atoms with Gasteiger partial charge in [-0.15, -0.1) is 0 Å². The molecule has 2 heteroatoms. The van der Waals surface area contributed by atoms with Gasteiger partial charge in [0, 0.05) is 24.7 Å². The number of fused-ring (bicyclic) bond motifs is 1. The summed E-state index contributed by atoms with van der Waals surface area (Å²) >= 11 is 0. The van der Waals surface area contributed by atoms with Gasteiger partial charge in [-0.3, -0.25) is 4.90 Å². The lowest BCUT2D eigenvalue weighted by Crippen LogP contribution is -2.50. The van der Waals surface area contributed by atoms with E-state index in [0.29, 0.717) is 0 Å². The van der Waals surface area contributed by atoms with E-state index in [2.05, 4.69) is 17.1 Å². The maximum atomic E-state index is 4.08.